The highest BCUT2D eigenvalue weighted by molar-refractivity contribution is 9.10. The Hall–Kier alpha value is -1.04. The van der Waals surface area contributed by atoms with Crippen LogP contribution in [0.4, 0.5) is 0 Å². The molecule has 0 amide bonds. The average molecular weight is 370 g/mol. The Kier molecular flexibility index (Phi) is 6.08. The Morgan fingerprint density at radius 2 is 2.05 bits per heavy atom. The minimum absolute atomic E-state index is 0.462. The van der Waals surface area contributed by atoms with Crippen molar-refractivity contribution in [1.29, 1.82) is 0 Å². The first-order chi connectivity index (χ1) is 10.1. The second-order valence-electron chi connectivity index (χ2n) is 5.04. The predicted octanol–water partition coefficient (Wildman–Crippen LogP) is 4.60. The Morgan fingerprint density at radius 3 is 2.67 bits per heavy atom. The first-order valence-corrected chi connectivity index (χ1v) is 8.51. The summed E-state index contributed by atoms with van der Waals surface area (Å²) >= 11 is 5.12. The second kappa shape index (κ2) is 7.82. The van der Waals surface area contributed by atoms with Crippen molar-refractivity contribution in [2.45, 2.75) is 33.0 Å². The molecule has 3 nitrogen and oxygen atoms in total. The summed E-state index contributed by atoms with van der Waals surface area (Å²) in [5.41, 5.74) is 1.19. The molecule has 0 radical (unpaired) electrons. The molecule has 0 aliphatic heterocycles. The van der Waals surface area contributed by atoms with Crippen molar-refractivity contribution in [3.8, 4) is 11.5 Å². The van der Waals surface area contributed by atoms with E-state index in [1.54, 1.807) is 18.4 Å². The molecule has 0 aliphatic carbocycles. The lowest BCUT2D eigenvalue weighted by atomic mass is 10.2. The van der Waals surface area contributed by atoms with Crippen LogP contribution in [0.1, 0.15) is 24.3 Å². The van der Waals surface area contributed by atoms with Gasteiger partial charge in [-0.2, -0.15) is 0 Å². The molecule has 1 N–H and O–H groups in total. The van der Waals surface area contributed by atoms with Crippen LogP contribution in [0, 0.1) is 0 Å². The van der Waals surface area contributed by atoms with E-state index in [1.165, 1.54) is 10.4 Å². The molecule has 0 fully saturated rings. The van der Waals surface area contributed by atoms with Gasteiger partial charge in [-0.15, -0.1) is 11.3 Å². The quantitative estimate of drug-likeness (QED) is 0.773. The van der Waals surface area contributed by atoms with Crippen molar-refractivity contribution in [3.05, 3.63) is 44.6 Å². The molecule has 2 aromatic rings. The predicted molar refractivity (Wildman–Crippen MR) is 91.3 cm³/mol. The Labute approximate surface area is 138 Å². The fourth-order valence-electron chi connectivity index (χ4n) is 1.84. The summed E-state index contributed by atoms with van der Waals surface area (Å²) in [6.45, 7) is 5.64. The summed E-state index contributed by atoms with van der Waals surface area (Å²) in [5.74, 6) is 1.55. The molecule has 21 heavy (non-hydrogen) atoms. The van der Waals surface area contributed by atoms with E-state index in [0.29, 0.717) is 12.6 Å². The molecular formula is C16H20BrNO2S. The molecule has 1 heterocycles. The summed E-state index contributed by atoms with van der Waals surface area (Å²) in [5, 5.41) is 5.45. The van der Waals surface area contributed by atoms with Crippen molar-refractivity contribution >= 4 is 27.3 Å². The van der Waals surface area contributed by atoms with Gasteiger partial charge < -0.3 is 14.8 Å². The van der Waals surface area contributed by atoms with Crippen LogP contribution in [0.25, 0.3) is 0 Å². The van der Waals surface area contributed by atoms with E-state index in [-0.39, 0.29) is 0 Å². The number of hydrogen-bond acceptors (Lipinski definition) is 4. The van der Waals surface area contributed by atoms with Gasteiger partial charge in [0, 0.05) is 27.3 Å². The number of benzene rings is 1. The van der Waals surface area contributed by atoms with E-state index in [0.717, 1.165) is 22.5 Å². The number of ether oxygens (including phenoxy) is 2. The zero-order valence-corrected chi connectivity index (χ0v) is 14.9. The van der Waals surface area contributed by atoms with Crippen LogP contribution in [0.3, 0.4) is 0 Å². The lowest BCUT2D eigenvalue weighted by Gasteiger charge is -2.13. The van der Waals surface area contributed by atoms with Crippen LogP contribution in [0.2, 0.25) is 0 Å². The highest BCUT2D eigenvalue weighted by atomic mass is 79.9. The van der Waals surface area contributed by atoms with Crippen LogP contribution in [0.5, 0.6) is 11.5 Å². The first kappa shape index (κ1) is 16.3. The number of nitrogens with one attached hydrogen (secondary N) is 1. The molecule has 0 saturated heterocycles. The lowest BCUT2D eigenvalue weighted by Crippen LogP contribution is -2.21. The van der Waals surface area contributed by atoms with Gasteiger partial charge in [-0.05, 0) is 39.7 Å². The molecule has 0 aliphatic rings. The smallest absolute Gasteiger partial charge is 0.161 e. The maximum absolute atomic E-state index is 5.85. The van der Waals surface area contributed by atoms with Crippen LogP contribution in [-0.4, -0.2) is 13.2 Å². The molecule has 0 bridgehead atoms. The highest BCUT2D eigenvalue weighted by Crippen LogP contribution is 2.30. The third-order valence-electron chi connectivity index (χ3n) is 2.93. The summed E-state index contributed by atoms with van der Waals surface area (Å²) < 4.78 is 12.4. The Balaban J connectivity index is 2.01. The van der Waals surface area contributed by atoms with Crippen molar-refractivity contribution in [1.82, 2.24) is 5.32 Å². The van der Waals surface area contributed by atoms with Gasteiger partial charge in [-0.25, -0.2) is 0 Å². The van der Waals surface area contributed by atoms with E-state index in [4.69, 9.17) is 9.47 Å². The van der Waals surface area contributed by atoms with Crippen LogP contribution < -0.4 is 14.8 Å². The van der Waals surface area contributed by atoms with Crippen LogP contribution >= 0.6 is 27.3 Å². The SMILES string of the molecule is COc1cc(CNC(C)C)ccc1OCc1cc(Br)cs1. The van der Waals surface area contributed by atoms with Gasteiger partial charge >= 0.3 is 0 Å². The fourth-order valence-corrected chi connectivity index (χ4v) is 3.20. The number of methoxy groups -OCH3 is 1. The summed E-state index contributed by atoms with van der Waals surface area (Å²) in [6.07, 6.45) is 0. The third-order valence-corrected chi connectivity index (χ3v) is 4.61. The maximum atomic E-state index is 5.85. The van der Waals surface area contributed by atoms with Crippen LogP contribution in [0.15, 0.2) is 34.1 Å². The number of rotatable bonds is 7. The van der Waals surface area contributed by atoms with Gasteiger partial charge in [0.1, 0.15) is 6.61 Å². The van der Waals surface area contributed by atoms with E-state index >= 15 is 0 Å². The fraction of sp³-hybridized carbons (Fsp3) is 0.375. The van der Waals surface area contributed by atoms with Crippen molar-refractivity contribution in [2.75, 3.05) is 7.11 Å². The highest BCUT2D eigenvalue weighted by Gasteiger charge is 2.07. The molecule has 5 heteroatoms. The van der Waals surface area contributed by atoms with Crippen molar-refractivity contribution < 1.29 is 9.47 Å². The molecule has 0 spiro atoms. The zero-order chi connectivity index (χ0) is 15.2. The lowest BCUT2D eigenvalue weighted by molar-refractivity contribution is 0.287. The molecule has 0 saturated carbocycles. The Morgan fingerprint density at radius 1 is 1.24 bits per heavy atom. The largest absolute Gasteiger partial charge is 0.493 e. The van der Waals surface area contributed by atoms with Gasteiger partial charge in [-0.3, -0.25) is 0 Å². The van der Waals surface area contributed by atoms with Crippen molar-refractivity contribution in [3.63, 3.8) is 0 Å². The zero-order valence-electron chi connectivity index (χ0n) is 12.5. The van der Waals surface area contributed by atoms with Gasteiger partial charge in [-0.1, -0.05) is 19.9 Å². The summed E-state index contributed by atoms with van der Waals surface area (Å²) in [4.78, 5) is 1.18. The normalized spacial score (nSPS) is 10.9. The van der Waals surface area contributed by atoms with Gasteiger partial charge in [0.15, 0.2) is 11.5 Å². The molecular weight excluding hydrogens is 350 g/mol. The van der Waals surface area contributed by atoms with Gasteiger partial charge in [0.05, 0.1) is 7.11 Å². The minimum atomic E-state index is 0.462. The molecule has 114 valence electrons. The van der Waals surface area contributed by atoms with Gasteiger partial charge in [0.2, 0.25) is 0 Å². The first-order valence-electron chi connectivity index (χ1n) is 6.84. The molecule has 1 aromatic carbocycles. The summed E-state index contributed by atoms with van der Waals surface area (Å²) in [6, 6.07) is 8.59. The average Bonchev–Trinajstić information content (AvgIpc) is 2.88. The van der Waals surface area contributed by atoms with E-state index in [2.05, 4.69) is 52.6 Å². The molecule has 0 atom stereocenters. The number of halogens is 1. The monoisotopic (exact) mass is 369 g/mol. The standard InChI is InChI=1S/C16H20BrNO2S/c1-11(2)18-8-12-4-5-15(16(6-12)19-3)20-9-14-7-13(17)10-21-14/h4-7,10-11,18H,8-9H2,1-3H3. The minimum Gasteiger partial charge on any atom is -0.493 e. The summed E-state index contributed by atoms with van der Waals surface area (Å²) in [7, 11) is 1.67. The van der Waals surface area contributed by atoms with Crippen LogP contribution in [-0.2, 0) is 13.2 Å². The number of thiophene rings is 1. The second-order valence-corrected chi connectivity index (χ2v) is 6.95. The third kappa shape index (κ3) is 5.02. The molecule has 2 rings (SSSR count). The topological polar surface area (TPSA) is 30.5 Å². The van der Waals surface area contributed by atoms with E-state index < -0.39 is 0 Å². The van der Waals surface area contributed by atoms with E-state index in [1.807, 2.05) is 12.1 Å². The maximum Gasteiger partial charge on any atom is 0.161 e. The van der Waals surface area contributed by atoms with E-state index in [9.17, 15) is 0 Å². The molecule has 0 unspecified atom stereocenters. The Bertz CT molecular complexity index is 583. The van der Waals surface area contributed by atoms with Gasteiger partial charge in [0.25, 0.3) is 0 Å². The number of hydrogen-bond donors (Lipinski definition) is 1. The molecule has 1 aromatic heterocycles. The van der Waals surface area contributed by atoms with Crippen molar-refractivity contribution in [2.24, 2.45) is 0 Å².